The predicted molar refractivity (Wildman–Crippen MR) is 77.8 cm³/mol. The normalized spacial score (nSPS) is 17.0. The van der Waals surface area contributed by atoms with Crippen molar-refractivity contribution >= 4 is 10.0 Å². The van der Waals surface area contributed by atoms with Gasteiger partial charge in [0.05, 0.1) is 6.61 Å². The molecule has 1 aromatic rings. The molecule has 0 saturated carbocycles. The number of likely N-dealkylation sites (tertiary alicyclic amines) is 1. The molecule has 1 aliphatic heterocycles. The lowest BCUT2D eigenvalue weighted by Gasteiger charge is -2.26. The number of nitrogens with one attached hydrogen (secondary N) is 1. The maximum atomic E-state index is 13.7. The van der Waals surface area contributed by atoms with Crippen LogP contribution in [0.3, 0.4) is 0 Å². The van der Waals surface area contributed by atoms with E-state index < -0.39 is 20.7 Å². The zero-order valence-electron chi connectivity index (χ0n) is 11.9. The highest BCUT2D eigenvalue weighted by atomic mass is 32.2. The van der Waals surface area contributed by atoms with Gasteiger partial charge in [-0.15, -0.1) is 0 Å². The minimum atomic E-state index is -3.89. The van der Waals surface area contributed by atoms with Crippen molar-refractivity contribution in [2.24, 2.45) is 0 Å². The van der Waals surface area contributed by atoms with Crippen LogP contribution < -0.4 is 4.72 Å². The fourth-order valence-corrected chi connectivity index (χ4v) is 3.60. The Hall–Kier alpha value is -1.02. The average molecular weight is 316 g/mol. The zero-order valence-corrected chi connectivity index (χ0v) is 12.7. The maximum Gasteiger partial charge on any atom is 0.243 e. The van der Waals surface area contributed by atoms with Gasteiger partial charge in [0, 0.05) is 13.1 Å². The molecule has 1 saturated heterocycles. The number of hydrogen-bond donors (Lipinski definition) is 2. The van der Waals surface area contributed by atoms with Crippen LogP contribution in [0.4, 0.5) is 4.39 Å². The van der Waals surface area contributed by atoms with Gasteiger partial charge in [-0.2, -0.15) is 0 Å². The Bertz CT molecular complexity index is 572. The Labute approximate surface area is 124 Å². The summed E-state index contributed by atoms with van der Waals surface area (Å²) in [6.45, 7) is 2.52. The third kappa shape index (κ3) is 4.47. The van der Waals surface area contributed by atoms with Crippen molar-refractivity contribution in [1.82, 2.24) is 9.62 Å². The van der Waals surface area contributed by atoms with E-state index in [-0.39, 0.29) is 13.2 Å². The van der Waals surface area contributed by atoms with Crippen molar-refractivity contribution in [2.45, 2.75) is 30.8 Å². The second kappa shape index (κ2) is 7.31. The molecule has 2 N–H and O–H groups in total. The first-order valence-corrected chi connectivity index (χ1v) is 8.62. The Balaban J connectivity index is 1.97. The number of aliphatic hydroxyl groups is 1. The lowest BCUT2D eigenvalue weighted by atomic mass is 10.1. The Morgan fingerprint density at radius 2 is 1.95 bits per heavy atom. The van der Waals surface area contributed by atoms with Crippen LogP contribution in [0.1, 0.15) is 24.8 Å². The largest absolute Gasteiger partial charge is 0.392 e. The van der Waals surface area contributed by atoms with Crippen molar-refractivity contribution in [3.05, 3.63) is 29.6 Å². The van der Waals surface area contributed by atoms with E-state index in [9.17, 15) is 12.8 Å². The molecule has 0 bridgehead atoms. The number of sulfonamides is 1. The zero-order chi connectivity index (χ0) is 15.3. The number of nitrogens with zero attached hydrogens (tertiary/aromatic N) is 1. The van der Waals surface area contributed by atoms with E-state index in [2.05, 4.69) is 9.62 Å². The van der Waals surface area contributed by atoms with Gasteiger partial charge >= 0.3 is 0 Å². The smallest absolute Gasteiger partial charge is 0.243 e. The second-order valence-electron chi connectivity index (χ2n) is 5.22. The van der Waals surface area contributed by atoms with Gasteiger partial charge in [-0.3, -0.25) is 0 Å². The van der Waals surface area contributed by atoms with Crippen molar-refractivity contribution in [3.8, 4) is 0 Å². The number of aliphatic hydroxyl groups excluding tert-OH is 1. The molecular formula is C14H21FN2O3S. The molecule has 0 radical (unpaired) electrons. The standard InChI is InChI=1S/C14H21FN2O3S/c15-13-5-4-12(11-18)10-14(13)21(19,20)16-6-9-17-7-2-1-3-8-17/h4-5,10,16,18H,1-3,6-9,11H2. The van der Waals surface area contributed by atoms with Gasteiger partial charge in [0.2, 0.25) is 10.0 Å². The van der Waals surface area contributed by atoms with Crippen LogP contribution in [-0.4, -0.2) is 44.6 Å². The number of benzene rings is 1. The lowest BCUT2D eigenvalue weighted by molar-refractivity contribution is 0.232. The molecule has 0 spiro atoms. The van der Waals surface area contributed by atoms with Crippen LogP contribution in [0.2, 0.25) is 0 Å². The van der Waals surface area contributed by atoms with Gasteiger partial charge in [0.15, 0.2) is 0 Å². The highest BCUT2D eigenvalue weighted by Crippen LogP contribution is 2.16. The summed E-state index contributed by atoms with van der Waals surface area (Å²) in [5.74, 6) is -0.808. The molecule has 2 rings (SSSR count). The van der Waals surface area contributed by atoms with Gasteiger partial charge in [-0.05, 0) is 43.6 Å². The van der Waals surface area contributed by atoms with E-state index in [0.29, 0.717) is 12.1 Å². The summed E-state index contributed by atoms with van der Waals surface area (Å²) in [7, 11) is -3.89. The van der Waals surface area contributed by atoms with Crippen LogP contribution in [0, 0.1) is 5.82 Å². The number of hydrogen-bond acceptors (Lipinski definition) is 4. The van der Waals surface area contributed by atoms with E-state index in [0.717, 1.165) is 32.0 Å². The van der Waals surface area contributed by atoms with Crippen LogP contribution in [-0.2, 0) is 16.6 Å². The summed E-state index contributed by atoms with van der Waals surface area (Å²) in [5, 5.41) is 9.02. The molecule has 1 heterocycles. The fraction of sp³-hybridized carbons (Fsp3) is 0.571. The molecular weight excluding hydrogens is 295 g/mol. The number of halogens is 1. The SMILES string of the molecule is O=S(=O)(NCCN1CCCCC1)c1cc(CO)ccc1F. The van der Waals surface area contributed by atoms with Crippen LogP contribution in [0.25, 0.3) is 0 Å². The third-order valence-corrected chi connectivity index (χ3v) is 5.11. The second-order valence-corrected chi connectivity index (χ2v) is 6.96. The van der Waals surface area contributed by atoms with Crippen LogP contribution in [0.15, 0.2) is 23.1 Å². The number of rotatable bonds is 6. The fourth-order valence-electron chi connectivity index (χ4n) is 2.45. The van der Waals surface area contributed by atoms with E-state index >= 15 is 0 Å². The van der Waals surface area contributed by atoms with Crippen LogP contribution in [0.5, 0.6) is 0 Å². The third-order valence-electron chi connectivity index (χ3n) is 3.64. The molecule has 7 heteroatoms. The first-order valence-electron chi connectivity index (χ1n) is 7.14. The molecule has 1 aromatic carbocycles. The van der Waals surface area contributed by atoms with E-state index in [1.54, 1.807) is 0 Å². The Morgan fingerprint density at radius 3 is 2.62 bits per heavy atom. The molecule has 21 heavy (non-hydrogen) atoms. The maximum absolute atomic E-state index is 13.7. The quantitative estimate of drug-likeness (QED) is 0.824. The Morgan fingerprint density at radius 1 is 1.24 bits per heavy atom. The average Bonchev–Trinajstić information content (AvgIpc) is 2.48. The van der Waals surface area contributed by atoms with Crippen molar-refractivity contribution < 1.29 is 17.9 Å². The molecule has 5 nitrogen and oxygen atoms in total. The van der Waals surface area contributed by atoms with Crippen molar-refractivity contribution in [2.75, 3.05) is 26.2 Å². The van der Waals surface area contributed by atoms with Gasteiger partial charge in [0.1, 0.15) is 10.7 Å². The van der Waals surface area contributed by atoms with Gasteiger partial charge in [0.25, 0.3) is 0 Å². The van der Waals surface area contributed by atoms with Gasteiger partial charge in [-0.1, -0.05) is 12.5 Å². The summed E-state index contributed by atoms with van der Waals surface area (Å²) in [6.07, 6.45) is 3.50. The molecule has 0 aromatic heterocycles. The monoisotopic (exact) mass is 316 g/mol. The first kappa shape index (κ1) is 16.4. The Kier molecular flexibility index (Phi) is 5.69. The summed E-state index contributed by atoms with van der Waals surface area (Å²) >= 11 is 0. The van der Waals surface area contributed by atoms with Gasteiger partial charge in [-0.25, -0.2) is 17.5 Å². The van der Waals surface area contributed by atoms with Crippen molar-refractivity contribution in [1.29, 1.82) is 0 Å². The lowest BCUT2D eigenvalue weighted by Crippen LogP contribution is -2.37. The first-order chi connectivity index (χ1) is 10.0. The molecule has 0 aliphatic carbocycles. The summed E-state index contributed by atoms with van der Waals surface area (Å²) in [4.78, 5) is 1.79. The molecule has 0 unspecified atom stereocenters. The minimum Gasteiger partial charge on any atom is -0.392 e. The summed E-state index contributed by atoms with van der Waals surface area (Å²) in [5.41, 5.74) is 0.368. The molecule has 1 fully saturated rings. The van der Waals surface area contributed by atoms with Crippen LogP contribution >= 0.6 is 0 Å². The molecule has 118 valence electrons. The van der Waals surface area contributed by atoms with E-state index in [1.807, 2.05) is 0 Å². The molecule has 0 amide bonds. The van der Waals surface area contributed by atoms with Gasteiger partial charge < -0.3 is 10.0 Å². The minimum absolute atomic E-state index is 0.255. The number of piperidine rings is 1. The summed E-state index contributed by atoms with van der Waals surface area (Å²) < 4.78 is 40.3. The van der Waals surface area contributed by atoms with Crippen molar-refractivity contribution in [3.63, 3.8) is 0 Å². The topological polar surface area (TPSA) is 69.6 Å². The summed E-state index contributed by atoms with van der Waals surface area (Å²) in [6, 6.07) is 3.59. The predicted octanol–water partition coefficient (Wildman–Crippen LogP) is 1.08. The molecule has 1 aliphatic rings. The van der Waals surface area contributed by atoms with E-state index in [1.165, 1.54) is 18.6 Å². The highest BCUT2D eigenvalue weighted by molar-refractivity contribution is 7.89. The highest BCUT2D eigenvalue weighted by Gasteiger charge is 2.19. The van der Waals surface area contributed by atoms with E-state index in [4.69, 9.17) is 5.11 Å². The molecule has 0 atom stereocenters.